The fourth-order valence-electron chi connectivity index (χ4n) is 7.18. The average Bonchev–Trinajstić information content (AvgIpc) is 3.68. The van der Waals surface area contributed by atoms with E-state index in [1.807, 2.05) is 11.6 Å². The molecular weight excluding hydrogens is 670 g/mol. The van der Waals surface area contributed by atoms with Gasteiger partial charge >= 0.3 is 5.69 Å². The largest absolute Gasteiger partial charge is 0.496 e. The van der Waals surface area contributed by atoms with Crippen LogP contribution >= 0.6 is 11.6 Å². The van der Waals surface area contributed by atoms with E-state index in [1.165, 1.54) is 39.0 Å². The van der Waals surface area contributed by atoms with Crippen LogP contribution in [0.5, 0.6) is 28.7 Å². The van der Waals surface area contributed by atoms with Crippen LogP contribution < -0.4 is 40.3 Å². The molecule has 260 valence electrons. The van der Waals surface area contributed by atoms with Crippen LogP contribution in [0.3, 0.4) is 0 Å². The maximum absolute atomic E-state index is 15.2. The van der Waals surface area contributed by atoms with E-state index in [0.717, 1.165) is 4.57 Å². The van der Waals surface area contributed by atoms with Crippen molar-refractivity contribution in [3.63, 3.8) is 0 Å². The summed E-state index contributed by atoms with van der Waals surface area (Å²) in [6, 6.07) is 6.55. The number of nitrogens with zero attached hydrogens (tertiary/aromatic N) is 4. The predicted molar refractivity (Wildman–Crippen MR) is 181 cm³/mol. The molecule has 2 aromatic carbocycles. The number of benzene rings is 2. The highest BCUT2D eigenvalue weighted by Gasteiger charge is 2.63. The molecule has 0 fully saturated rings. The molecule has 2 aliphatic heterocycles. The summed E-state index contributed by atoms with van der Waals surface area (Å²) in [7, 11) is 9.05. The highest BCUT2D eigenvalue weighted by Crippen LogP contribution is 2.56. The van der Waals surface area contributed by atoms with E-state index in [9.17, 15) is 14.4 Å². The molecule has 4 aromatic rings. The second kappa shape index (κ2) is 11.8. The molecule has 15 heteroatoms. The lowest BCUT2D eigenvalue weighted by Gasteiger charge is -2.42. The molecule has 3 aliphatic rings. The first-order chi connectivity index (χ1) is 23.9. The van der Waals surface area contributed by atoms with Crippen molar-refractivity contribution in [2.45, 2.75) is 31.5 Å². The Labute approximate surface area is 290 Å². The first-order valence-corrected chi connectivity index (χ1v) is 16.1. The molecule has 14 nitrogen and oxygen atoms in total. The summed E-state index contributed by atoms with van der Waals surface area (Å²) >= 11 is 6.66. The van der Waals surface area contributed by atoms with Gasteiger partial charge in [0, 0.05) is 62.7 Å². The molecule has 0 bridgehead atoms. The van der Waals surface area contributed by atoms with Crippen molar-refractivity contribution in [3.8, 4) is 28.7 Å². The number of hydrogen-bond acceptors (Lipinski definition) is 11. The molecule has 0 amide bonds. The Balaban J connectivity index is 1.41. The highest BCUT2D eigenvalue weighted by atomic mass is 35.5. The summed E-state index contributed by atoms with van der Waals surface area (Å²) in [5.74, 6) is -1.06. The minimum Gasteiger partial charge on any atom is -0.496 e. The SMILES string of the molecule is COc1cc(C2C3=C(CC(C)C4(Oc5c(Cl)c(OC)cc(OC)c5C4=O)C3=O)Nc3c2c(=O)n(C)c(=O)n3C)ccc1OCc1nccn1C. The number of hydrogen-bond donors (Lipinski definition) is 1. The number of rotatable bonds is 7. The normalized spacial score (nSPS) is 20.6. The topological polar surface area (TPSA) is 154 Å². The average molecular weight is 704 g/mol. The summed E-state index contributed by atoms with van der Waals surface area (Å²) in [4.78, 5) is 61.1. The Morgan fingerprint density at radius 2 is 1.68 bits per heavy atom. The molecule has 3 unspecified atom stereocenters. The standard InChI is InChI=1S/C35H34ClN5O9/c1-16-12-18-25(30(42)35(16)31(43)26-21(47-6)14-22(48-7)28(36)29(26)50-35)24(27-32(38-18)40(3)34(45)41(4)33(27)44)17-8-9-19(20(13-17)46-5)49-15-23-37-10-11-39(23)2/h8-11,13-14,16,24,38H,12,15H2,1-7H3. The number of methoxy groups -OCH3 is 3. The number of ether oxygens (including phenoxy) is 5. The van der Waals surface area contributed by atoms with E-state index in [1.54, 1.807) is 44.6 Å². The lowest BCUT2D eigenvalue weighted by molar-refractivity contribution is -0.130. The second-order valence-electron chi connectivity index (χ2n) is 12.5. The summed E-state index contributed by atoms with van der Waals surface area (Å²) in [5.41, 5.74) is -1.97. The van der Waals surface area contributed by atoms with Crippen molar-refractivity contribution >= 4 is 29.0 Å². The van der Waals surface area contributed by atoms with E-state index in [-0.39, 0.29) is 57.8 Å². The summed E-state index contributed by atoms with van der Waals surface area (Å²) in [6.07, 6.45) is 3.62. The predicted octanol–water partition coefficient (Wildman–Crippen LogP) is 3.51. The zero-order valence-electron chi connectivity index (χ0n) is 28.4. The van der Waals surface area contributed by atoms with Crippen molar-refractivity contribution in [3.05, 3.63) is 96.3 Å². The van der Waals surface area contributed by atoms with E-state index < -0.39 is 40.3 Å². The fraction of sp³-hybridized carbons (Fsp3) is 0.343. The number of fused-ring (bicyclic) bond motifs is 2. The Kier molecular flexibility index (Phi) is 7.81. The van der Waals surface area contributed by atoms with E-state index >= 15 is 4.79 Å². The maximum atomic E-state index is 15.2. The van der Waals surface area contributed by atoms with Crippen molar-refractivity contribution in [1.82, 2.24) is 18.7 Å². The van der Waals surface area contributed by atoms with E-state index in [0.29, 0.717) is 28.6 Å². The molecule has 3 atom stereocenters. The lowest BCUT2D eigenvalue weighted by Crippen LogP contribution is -2.58. The van der Waals surface area contributed by atoms with Crippen molar-refractivity contribution in [2.24, 2.45) is 27.1 Å². The van der Waals surface area contributed by atoms with Gasteiger partial charge in [0.2, 0.25) is 17.2 Å². The number of imidazole rings is 1. The second-order valence-corrected chi connectivity index (χ2v) is 12.8. The molecule has 50 heavy (non-hydrogen) atoms. The molecule has 7 rings (SSSR count). The highest BCUT2D eigenvalue weighted by molar-refractivity contribution is 6.36. The fourth-order valence-corrected chi connectivity index (χ4v) is 7.45. The van der Waals surface area contributed by atoms with Gasteiger partial charge in [0.05, 0.1) is 26.9 Å². The molecule has 2 aromatic heterocycles. The summed E-state index contributed by atoms with van der Waals surface area (Å²) < 4.78 is 33.3. The maximum Gasteiger partial charge on any atom is 0.332 e. The summed E-state index contributed by atoms with van der Waals surface area (Å²) in [5, 5.41) is 3.24. The van der Waals surface area contributed by atoms with Crippen LogP contribution in [0.4, 0.5) is 5.82 Å². The third kappa shape index (κ3) is 4.50. The molecule has 1 aliphatic carbocycles. The lowest BCUT2D eigenvalue weighted by atomic mass is 9.66. The number of carbonyl (C=O) groups excluding carboxylic acids is 2. The van der Waals surface area contributed by atoms with Gasteiger partial charge in [0.15, 0.2) is 17.2 Å². The van der Waals surface area contributed by atoms with Gasteiger partial charge in [-0.25, -0.2) is 9.78 Å². The zero-order chi connectivity index (χ0) is 35.8. The summed E-state index contributed by atoms with van der Waals surface area (Å²) in [6.45, 7) is 1.89. The van der Waals surface area contributed by atoms with Crippen molar-refractivity contribution in [2.75, 3.05) is 26.6 Å². The molecule has 1 spiro atoms. The molecule has 0 saturated carbocycles. The van der Waals surface area contributed by atoms with Gasteiger partial charge in [0.1, 0.15) is 40.3 Å². The first kappa shape index (κ1) is 33.0. The third-order valence-electron chi connectivity index (χ3n) is 9.87. The van der Waals surface area contributed by atoms with E-state index in [2.05, 4.69) is 10.3 Å². The first-order valence-electron chi connectivity index (χ1n) is 15.7. The Morgan fingerprint density at radius 1 is 0.960 bits per heavy atom. The van der Waals surface area contributed by atoms with Gasteiger partial charge in [-0.05, 0) is 24.1 Å². The number of aryl methyl sites for hydroxylation is 1. The van der Waals surface area contributed by atoms with Gasteiger partial charge in [-0.1, -0.05) is 24.6 Å². The number of carbonyl (C=O) groups is 2. The van der Waals surface area contributed by atoms with Crippen LogP contribution in [0, 0.1) is 5.92 Å². The van der Waals surface area contributed by atoms with Gasteiger partial charge < -0.3 is 33.6 Å². The number of aromatic nitrogens is 4. The van der Waals surface area contributed by atoms with Crippen LogP contribution in [-0.4, -0.2) is 57.2 Å². The smallest absolute Gasteiger partial charge is 0.332 e. The molecule has 0 saturated heterocycles. The minimum atomic E-state index is -2.04. The Bertz CT molecular complexity index is 2290. The Morgan fingerprint density at radius 3 is 2.34 bits per heavy atom. The zero-order valence-corrected chi connectivity index (χ0v) is 29.1. The van der Waals surface area contributed by atoms with E-state index in [4.69, 9.17) is 35.3 Å². The Hall–Kier alpha value is -5.50. The van der Waals surface area contributed by atoms with Gasteiger partial charge in [-0.3, -0.25) is 23.5 Å². The number of nitrogens with one attached hydrogen (secondary N) is 1. The molecule has 0 radical (unpaired) electrons. The van der Waals surface area contributed by atoms with Crippen LogP contribution in [-0.2, 0) is 32.5 Å². The van der Waals surface area contributed by atoms with Gasteiger partial charge in [0.25, 0.3) is 5.56 Å². The van der Waals surface area contributed by atoms with Crippen LogP contribution in [0.25, 0.3) is 0 Å². The minimum absolute atomic E-state index is 0.0201. The number of ketones is 2. The van der Waals surface area contributed by atoms with Crippen LogP contribution in [0.15, 0.2) is 57.5 Å². The van der Waals surface area contributed by atoms with Crippen LogP contribution in [0.1, 0.15) is 46.6 Å². The number of allylic oxidation sites excluding steroid dienone is 1. The number of Topliss-reactive ketones (excluding diaryl/α,β-unsaturated/α-hetero) is 2. The molecule has 1 N–H and O–H groups in total. The monoisotopic (exact) mass is 703 g/mol. The van der Waals surface area contributed by atoms with Crippen LogP contribution in [0.2, 0.25) is 5.02 Å². The van der Waals surface area contributed by atoms with Gasteiger partial charge in [-0.2, -0.15) is 0 Å². The molecule has 4 heterocycles. The number of halogens is 1. The number of anilines is 1. The van der Waals surface area contributed by atoms with Crippen molar-refractivity contribution in [1.29, 1.82) is 0 Å². The molecular formula is C35H34ClN5O9. The third-order valence-corrected chi connectivity index (χ3v) is 10.2. The van der Waals surface area contributed by atoms with Crippen molar-refractivity contribution < 1.29 is 33.3 Å². The van der Waals surface area contributed by atoms with Gasteiger partial charge in [-0.15, -0.1) is 0 Å². The quantitative estimate of drug-likeness (QED) is 0.281.